The highest BCUT2D eigenvalue weighted by molar-refractivity contribution is 5.87. The maximum Gasteiger partial charge on any atom is 0.412 e. The second-order valence-corrected chi connectivity index (χ2v) is 9.99. The zero-order valence-corrected chi connectivity index (χ0v) is 22.6. The van der Waals surface area contributed by atoms with Crippen LogP contribution in [-0.2, 0) is 17.8 Å². The van der Waals surface area contributed by atoms with Crippen LogP contribution in [0.25, 0.3) is 0 Å². The van der Waals surface area contributed by atoms with Crippen LogP contribution in [0.2, 0.25) is 0 Å². The van der Waals surface area contributed by atoms with Crippen molar-refractivity contribution >= 4 is 34.8 Å². The summed E-state index contributed by atoms with van der Waals surface area (Å²) in [6.45, 7) is 6.64. The highest BCUT2D eigenvalue weighted by Crippen LogP contribution is 2.33. The molecule has 0 aliphatic carbocycles. The third-order valence-corrected chi connectivity index (χ3v) is 5.65. The van der Waals surface area contributed by atoms with Crippen LogP contribution in [-0.4, -0.2) is 28.8 Å². The molecule has 0 atom stereocenters. The van der Waals surface area contributed by atoms with E-state index < -0.39 is 11.7 Å². The molecule has 0 aliphatic rings. The molecule has 202 valence electrons. The van der Waals surface area contributed by atoms with Gasteiger partial charge in [-0.2, -0.15) is 0 Å². The fourth-order valence-corrected chi connectivity index (χ4v) is 3.97. The fraction of sp³-hybridized carbons (Fsp3) is 0.233. The van der Waals surface area contributed by atoms with Crippen LogP contribution in [0.5, 0.6) is 5.75 Å². The molecular weight excluding hydrogens is 492 g/mol. The summed E-state index contributed by atoms with van der Waals surface area (Å²) in [5, 5.41) is 6.00. The topological polar surface area (TPSA) is 115 Å². The van der Waals surface area contributed by atoms with Gasteiger partial charge in [0.15, 0.2) is 11.6 Å². The summed E-state index contributed by atoms with van der Waals surface area (Å²) in [7, 11) is 1.55. The number of nitrogens with two attached hydrogens (primary N) is 1. The summed E-state index contributed by atoms with van der Waals surface area (Å²) >= 11 is 0. The molecule has 0 saturated heterocycles. The minimum Gasteiger partial charge on any atom is -0.497 e. The summed E-state index contributed by atoms with van der Waals surface area (Å²) in [6.07, 6.45) is 0.917. The van der Waals surface area contributed by atoms with Gasteiger partial charge in [-0.1, -0.05) is 60.7 Å². The molecule has 4 rings (SSSR count). The zero-order valence-electron chi connectivity index (χ0n) is 22.6. The number of nitrogen functional groups attached to an aromatic ring is 1. The number of anilines is 5. The van der Waals surface area contributed by atoms with Gasteiger partial charge in [0.05, 0.1) is 7.11 Å². The first kappa shape index (κ1) is 27.3. The lowest BCUT2D eigenvalue weighted by Crippen LogP contribution is -2.27. The van der Waals surface area contributed by atoms with Crippen molar-refractivity contribution in [3.05, 3.63) is 96.3 Å². The van der Waals surface area contributed by atoms with E-state index in [9.17, 15) is 4.79 Å². The van der Waals surface area contributed by atoms with Crippen molar-refractivity contribution in [1.82, 2.24) is 9.97 Å². The first-order chi connectivity index (χ1) is 18.7. The van der Waals surface area contributed by atoms with E-state index in [1.165, 1.54) is 6.33 Å². The number of ether oxygens (including phenoxy) is 2. The number of benzene rings is 3. The van der Waals surface area contributed by atoms with Gasteiger partial charge in [-0.25, -0.2) is 14.8 Å². The van der Waals surface area contributed by atoms with Crippen molar-refractivity contribution < 1.29 is 14.3 Å². The summed E-state index contributed by atoms with van der Waals surface area (Å²) in [6, 6.07) is 25.6. The third-order valence-electron chi connectivity index (χ3n) is 5.65. The minimum absolute atomic E-state index is 0.397. The second kappa shape index (κ2) is 12.2. The predicted molar refractivity (Wildman–Crippen MR) is 155 cm³/mol. The second-order valence-electron chi connectivity index (χ2n) is 9.99. The number of methoxy groups -OCH3 is 1. The molecule has 3 aromatic carbocycles. The number of carbonyl (C=O) groups is 1. The Morgan fingerprint density at radius 1 is 0.897 bits per heavy atom. The molecule has 9 heteroatoms. The Morgan fingerprint density at radius 3 is 2.05 bits per heavy atom. The number of carbonyl (C=O) groups excluding carboxylic acids is 1. The summed E-state index contributed by atoms with van der Waals surface area (Å²) in [5.74, 6) is 1.58. The molecule has 9 nitrogen and oxygen atoms in total. The lowest BCUT2D eigenvalue weighted by molar-refractivity contribution is 0.0636. The Morgan fingerprint density at radius 2 is 1.49 bits per heavy atom. The number of amides is 1. The lowest BCUT2D eigenvalue weighted by atomic mass is 10.1. The van der Waals surface area contributed by atoms with Crippen LogP contribution < -0.4 is 26.0 Å². The van der Waals surface area contributed by atoms with Gasteiger partial charge in [0.25, 0.3) is 0 Å². The molecule has 0 aliphatic heterocycles. The van der Waals surface area contributed by atoms with E-state index in [4.69, 9.17) is 15.2 Å². The molecule has 4 aromatic rings. The normalized spacial score (nSPS) is 11.0. The highest BCUT2D eigenvalue weighted by Gasteiger charge is 2.19. The molecule has 39 heavy (non-hydrogen) atoms. The van der Waals surface area contributed by atoms with E-state index in [-0.39, 0.29) is 0 Å². The maximum atomic E-state index is 12.3. The van der Waals surface area contributed by atoms with Gasteiger partial charge in [-0.15, -0.1) is 0 Å². The summed E-state index contributed by atoms with van der Waals surface area (Å²) in [4.78, 5) is 23.4. The number of nitrogens with one attached hydrogen (secondary N) is 2. The van der Waals surface area contributed by atoms with E-state index in [0.29, 0.717) is 47.5 Å². The average Bonchev–Trinajstić information content (AvgIpc) is 2.89. The largest absolute Gasteiger partial charge is 0.497 e. The van der Waals surface area contributed by atoms with Gasteiger partial charge in [0.1, 0.15) is 23.4 Å². The van der Waals surface area contributed by atoms with Crippen molar-refractivity contribution in [2.45, 2.75) is 39.5 Å². The number of nitrogens with zero attached hydrogens (tertiary/aromatic N) is 3. The van der Waals surface area contributed by atoms with E-state index >= 15 is 0 Å². The van der Waals surface area contributed by atoms with Gasteiger partial charge in [-0.3, -0.25) is 5.32 Å². The Kier molecular flexibility index (Phi) is 8.50. The highest BCUT2D eigenvalue weighted by atomic mass is 16.6. The first-order valence-electron chi connectivity index (χ1n) is 12.6. The third kappa shape index (κ3) is 7.85. The van der Waals surface area contributed by atoms with E-state index in [0.717, 1.165) is 11.1 Å². The molecule has 0 unspecified atom stereocenters. The van der Waals surface area contributed by atoms with Crippen LogP contribution in [0.4, 0.5) is 33.5 Å². The quantitative estimate of drug-likeness (QED) is 0.231. The van der Waals surface area contributed by atoms with Crippen molar-refractivity contribution in [1.29, 1.82) is 0 Å². The smallest absolute Gasteiger partial charge is 0.412 e. The Bertz CT molecular complexity index is 1350. The van der Waals surface area contributed by atoms with E-state index in [1.54, 1.807) is 46.1 Å². The monoisotopic (exact) mass is 526 g/mol. The molecule has 1 heterocycles. The molecule has 0 spiro atoms. The molecule has 0 fully saturated rings. The summed E-state index contributed by atoms with van der Waals surface area (Å²) < 4.78 is 10.8. The van der Waals surface area contributed by atoms with Crippen molar-refractivity contribution in [2.24, 2.45) is 0 Å². The Hall–Kier alpha value is -4.79. The van der Waals surface area contributed by atoms with E-state index in [1.807, 2.05) is 36.4 Å². The molecule has 1 amide bonds. The average molecular weight is 527 g/mol. The molecule has 0 bridgehead atoms. The predicted octanol–water partition coefficient (Wildman–Crippen LogP) is 6.36. The van der Waals surface area contributed by atoms with Crippen molar-refractivity contribution in [3.63, 3.8) is 0 Å². The SMILES string of the molecule is COc1cc(NC(=O)OC(C)(C)C)cc(Nc2ncnc(N(Cc3ccccc3)Cc3ccccc3)c2N)c1. The van der Waals surface area contributed by atoms with Gasteiger partial charge in [0, 0.05) is 36.6 Å². The van der Waals surface area contributed by atoms with Gasteiger partial charge >= 0.3 is 6.09 Å². The lowest BCUT2D eigenvalue weighted by Gasteiger charge is -2.26. The van der Waals surface area contributed by atoms with Crippen LogP contribution in [0.3, 0.4) is 0 Å². The molecular formula is C30H34N6O3. The molecule has 0 saturated carbocycles. The number of hydrogen-bond donors (Lipinski definition) is 3. The number of aromatic nitrogens is 2. The fourth-order valence-electron chi connectivity index (χ4n) is 3.97. The zero-order chi connectivity index (χ0) is 27.8. The molecule has 1 aromatic heterocycles. The van der Waals surface area contributed by atoms with Crippen LogP contribution in [0.15, 0.2) is 85.2 Å². The van der Waals surface area contributed by atoms with Gasteiger partial charge in [-0.05, 0) is 38.0 Å². The molecule has 4 N–H and O–H groups in total. The minimum atomic E-state index is -0.624. The Balaban J connectivity index is 1.62. The van der Waals surface area contributed by atoms with Gasteiger partial charge < -0.3 is 25.4 Å². The van der Waals surface area contributed by atoms with Crippen LogP contribution in [0.1, 0.15) is 31.9 Å². The van der Waals surface area contributed by atoms with Crippen molar-refractivity contribution in [2.75, 3.05) is 28.4 Å². The van der Waals surface area contributed by atoms with E-state index in [2.05, 4.69) is 49.8 Å². The number of rotatable bonds is 9. The maximum absolute atomic E-state index is 12.3. The first-order valence-corrected chi connectivity index (χ1v) is 12.6. The van der Waals surface area contributed by atoms with Crippen LogP contribution >= 0.6 is 0 Å². The van der Waals surface area contributed by atoms with Gasteiger partial charge in [0.2, 0.25) is 0 Å². The molecule has 0 radical (unpaired) electrons. The number of hydrogen-bond acceptors (Lipinski definition) is 8. The standard InChI is InChI=1S/C30H34N6O3/c1-30(2,3)39-29(37)35-24-15-23(16-25(17-24)38-4)34-27-26(31)28(33-20-32-27)36(18-21-11-7-5-8-12-21)19-22-13-9-6-10-14-22/h5-17,20H,18-19,31H2,1-4H3,(H,35,37)(H,32,33,34). The van der Waals surface area contributed by atoms with Crippen LogP contribution in [0, 0.1) is 0 Å². The Labute approximate surface area is 229 Å². The van der Waals surface area contributed by atoms with Crippen molar-refractivity contribution in [3.8, 4) is 5.75 Å². The summed E-state index contributed by atoms with van der Waals surface area (Å²) in [5.41, 5.74) is 9.80.